The summed E-state index contributed by atoms with van der Waals surface area (Å²) in [5.41, 5.74) is 0.0602. The van der Waals surface area contributed by atoms with Crippen molar-refractivity contribution in [1.29, 1.82) is 0 Å². The summed E-state index contributed by atoms with van der Waals surface area (Å²) in [6.45, 7) is 1.02. The van der Waals surface area contributed by atoms with Gasteiger partial charge in [0, 0.05) is 24.3 Å². The van der Waals surface area contributed by atoms with Crippen LogP contribution in [0.3, 0.4) is 0 Å². The third-order valence-corrected chi connectivity index (χ3v) is 5.69. The molecule has 2 heterocycles. The monoisotopic (exact) mass is 474 g/mol. The number of nitrogens with one attached hydrogen (secondary N) is 1. The molecule has 10 heteroatoms. The summed E-state index contributed by atoms with van der Waals surface area (Å²) >= 11 is 0. The average molecular weight is 474 g/mol. The molecular weight excluding hydrogens is 452 g/mol. The van der Waals surface area contributed by atoms with Crippen LogP contribution in [0.25, 0.3) is 11.3 Å². The van der Waals surface area contributed by atoms with Crippen LogP contribution < -0.4 is 15.0 Å². The van der Waals surface area contributed by atoms with Gasteiger partial charge in [-0.05, 0) is 67.4 Å². The van der Waals surface area contributed by atoms with Gasteiger partial charge in [-0.1, -0.05) is 0 Å². The van der Waals surface area contributed by atoms with Crippen molar-refractivity contribution in [2.75, 3.05) is 30.4 Å². The molecule has 2 aromatic carbocycles. The Bertz CT molecular complexity index is 1150. The number of piperidine rings is 1. The van der Waals surface area contributed by atoms with Gasteiger partial charge in [0.25, 0.3) is 0 Å². The number of hydrogen-bond donors (Lipinski definition) is 1. The van der Waals surface area contributed by atoms with Crippen molar-refractivity contribution in [3.8, 4) is 17.0 Å². The molecule has 1 aliphatic rings. The van der Waals surface area contributed by atoms with Crippen LogP contribution >= 0.6 is 0 Å². The SMILES string of the molecule is COc1ccc(-c2ccc(N3CCCC(C(=O)Nc4ccc(F)c(C(F)(F)F)c4)C3)nn2)cc1. The summed E-state index contributed by atoms with van der Waals surface area (Å²) in [5, 5.41) is 11.1. The van der Waals surface area contributed by atoms with Crippen LogP contribution in [-0.4, -0.2) is 36.3 Å². The van der Waals surface area contributed by atoms with E-state index in [0.29, 0.717) is 49.6 Å². The van der Waals surface area contributed by atoms with Crippen LogP contribution in [-0.2, 0) is 11.0 Å². The van der Waals surface area contributed by atoms with Crippen molar-refractivity contribution in [3.05, 3.63) is 66.0 Å². The van der Waals surface area contributed by atoms with Gasteiger partial charge in [0.2, 0.25) is 5.91 Å². The van der Waals surface area contributed by atoms with Crippen molar-refractivity contribution >= 4 is 17.4 Å². The number of nitrogens with zero attached hydrogens (tertiary/aromatic N) is 3. The molecule has 3 aromatic rings. The second kappa shape index (κ2) is 9.66. The molecule has 0 bridgehead atoms. The van der Waals surface area contributed by atoms with E-state index >= 15 is 0 Å². The summed E-state index contributed by atoms with van der Waals surface area (Å²) in [6.07, 6.45) is -3.56. The van der Waals surface area contributed by atoms with E-state index in [1.807, 2.05) is 41.3 Å². The van der Waals surface area contributed by atoms with Crippen molar-refractivity contribution in [3.63, 3.8) is 0 Å². The first-order valence-corrected chi connectivity index (χ1v) is 10.7. The van der Waals surface area contributed by atoms with E-state index in [-0.39, 0.29) is 5.69 Å². The lowest BCUT2D eigenvalue weighted by atomic mass is 9.97. The maximum Gasteiger partial charge on any atom is 0.419 e. The lowest BCUT2D eigenvalue weighted by molar-refractivity contribution is -0.140. The topological polar surface area (TPSA) is 67.3 Å². The van der Waals surface area contributed by atoms with E-state index in [1.54, 1.807) is 7.11 Å². The van der Waals surface area contributed by atoms with Crippen LogP contribution in [0.4, 0.5) is 29.1 Å². The molecule has 0 aliphatic carbocycles. The van der Waals surface area contributed by atoms with Crippen molar-refractivity contribution in [2.24, 2.45) is 5.92 Å². The third-order valence-electron chi connectivity index (χ3n) is 5.69. The second-order valence-corrected chi connectivity index (χ2v) is 7.97. The Labute approximate surface area is 193 Å². The highest BCUT2D eigenvalue weighted by atomic mass is 19.4. The molecule has 1 amide bonds. The number of methoxy groups -OCH3 is 1. The Hall–Kier alpha value is -3.69. The molecule has 34 heavy (non-hydrogen) atoms. The van der Waals surface area contributed by atoms with Gasteiger partial charge < -0.3 is 15.0 Å². The summed E-state index contributed by atoms with van der Waals surface area (Å²) in [7, 11) is 1.59. The number of amides is 1. The zero-order valence-electron chi connectivity index (χ0n) is 18.3. The number of alkyl halides is 3. The molecule has 0 saturated carbocycles. The minimum atomic E-state index is -4.84. The Kier molecular flexibility index (Phi) is 6.67. The van der Waals surface area contributed by atoms with Crippen LogP contribution in [0.5, 0.6) is 5.75 Å². The highest BCUT2D eigenvalue weighted by Gasteiger charge is 2.34. The molecule has 1 aromatic heterocycles. The van der Waals surface area contributed by atoms with E-state index < -0.39 is 29.4 Å². The minimum Gasteiger partial charge on any atom is -0.497 e. The number of carbonyl (C=O) groups is 1. The maximum atomic E-state index is 13.5. The summed E-state index contributed by atoms with van der Waals surface area (Å²) in [6, 6.07) is 13.5. The zero-order chi connectivity index (χ0) is 24.3. The summed E-state index contributed by atoms with van der Waals surface area (Å²) in [4.78, 5) is 14.6. The molecule has 0 radical (unpaired) electrons. The average Bonchev–Trinajstić information content (AvgIpc) is 2.85. The largest absolute Gasteiger partial charge is 0.497 e. The highest BCUT2D eigenvalue weighted by molar-refractivity contribution is 5.93. The first-order chi connectivity index (χ1) is 16.2. The number of aromatic nitrogens is 2. The van der Waals surface area contributed by atoms with Crippen molar-refractivity contribution in [2.45, 2.75) is 19.0 Å². The van der Waals surface area contributed by atoms with E-state index in [4.69, 9.17) is 4.74 Å². The second-order valence-electron chi connectivity index (χ2n) is 7.97. The number of rotatable bonds is 5. The van der Waals surface area contributed by atoms with Gasteiger partial charge in [-0.2, -0.15) is 13.2 Å². The summed E-state index contributed by atoms with van der Waals surface area (Å²) < 4.78 is 57.5. The standard InChI is InChI=1S/C24H22F4N4O2/c1-34-18-7-4-15(5-8-18)21-10-11-22(31-30-21)32-12-2-3-16(14-32)23(33)29-17-6-9-20(25)19(13-17)24(26,27)28/h4-11,13,16H,2-3,12,14H2,1H3,(H,29,33). The molecule has 4 rings (SSSR count). The smallest absolute Gasteiger partial charge is 0.419 e. The third kappa shape index (κ3) is 5.27. The molecule has 1 aliphatic heterocycles. The number of ether oxygens (including phenoxy) is 1. The fraction of sp³-hybridized carbons (Fsp3) is 0.292. The lowest BCUT2D eigenvalue weighted by Crippen LogP contribution is -2.41. The molecule has 1 fully saturated rings. The molecule has 1 saturated heterocycles. The number of halogens is 4. The first-order valence-electron chi connectivity index (χ1n) is 10.7. The number of hydrogen-bond acceptors (Lipinski definition) is 5. The number of carbonyl (C=O) groups excluding carboxylic acids is 1. The Morgan fingerprint density at radius 2 is 1.85 bits per heavy atom. The molecular formula is C24H22F4N4O2. The van der Waals surface area contributed by atoms with Crippen LogP contribution in [0.15, 0.2) is 54.6 Å². The normalized spacial score (nSPS) is 16.3. The quantitative estimate of drug-likeness (QED) is 0.517. The van der Waals surface area contributed by atoms with Gasteiger partial charge >= 0.3 is 6.18 Å². The minimum absolute atomic E-state index is 0.0977. The first kappa shape index (κ1) is 23.5. The number of anilines is 2. The Balaban J connectivity index is 1.42. The summed E-state index contributed by atoms with van der Waals surface area (Å²) in [5.74, 6) is -0.924. The number of benzene rings is 2. The maximum absolute atomic E-state index is 13.5. The van der Waals surface area contributed by atoms with E-state index in [9.17, 15) is 22.4 Å². The fourth-order valence-electron chi connectivity index (χ4n) is 3.87. The van der Waals surface area contributed by atoms with Crippen molar-refractivity contribution in [1.82, 2.24) is 10.2 Å². The predicted molar refractivity (Wildman–Crippen MR) is 119 cm³/mol. The molecule has 1 unspecified atom stereocenters. The molecule has 6 nitrogen and oxygen atoms in total. The lowest BCUT2D eigenvalue weighted by Gasteiger charge is -2.32. The Morgan fingerprint density at radius 3 is 2.50 bits per heavy atom. The van der Waals surface area contributed by atoms with Gasteiger partial charge in [0.1, 0.15) is 11.6 Å². The Morgan fingerprint density at radius 1 is 1.09 bits per heavy atom. The van der Waals surface area contributed by atoms with Crippen LogP contribution in [0, 0.1) is 11.7 Å². The van der Waals surface area contributed by atoms with Gasteiger partial charge in [-0.15, -0.1) is 10.2 Å². The molecule has 1 N–H and O–H groups in total. The fourth-order valence-corrected chi connectivity index (χ4v) is 3.87. The molecule has 0 spiro atoms. The van der Waals surface area contributed by atoms with Gasteiger partial charge in [-0.3, -0.25) is 4.79 Å². The van der Waals surface area contributed by atoms with Gasteiger partial charge in [0.05, 0.1) is 24.3 Å². The van der Waals surface area contributed by atoms with E-state index in [0.717, 1.165) is 17.4 Å². The van der Waals surface area contributed by atoms with E-state index in [1.165, 1.54) is 0 Å². The van der Waals surface area contributed by atoms with E-state index in [2.05, 4.69) is 15.5 Å². The molecule has 1 atom stereocenters. The van der Waals surface area contributed by atoms with Crippen molar-refractivity contribution < 1.29 is 27.1 Å². The highest BCUT2D eigenvalue weighted by Crippen LogP contribution is 2.33. The van der Waals surface area contributed by atoms with Gasteiger partial charge in [0.15, 0.2) is 5.82 Å². The molecule has 178 valence electrons. The van der Waals surface area contributed by atoms with Crippen LogP contribution in [0.2, 0.25) is 0 Å². The zero-order valence-corrected chi connectivity index (χ0v) is 18.3. The van der Waals surface area contributed by atoms with Gasteiger partial charge in [-0.25, -0.2) is 4.39 Å². The predicted octanol–water partition coefficient (Wildman–Crippen LogP) is 5.17. The van der Waals surface area contributed by atoms with Crippen LogP contribution in [0.1, 0.15) is 18.4 Å².